The number of hydrogen-bond donors (Lipinski definition) is 0. The molecule has 3 heteroatoms. The third-order valence-electron chi connectivity index (χ3n) is 3.72. The molecule has 1 aliphatic rings. The van der Waals surface area contributed by atoms with Gasteiger partial charge in [-0.25, -0.2) is 0 Å². The average Bonchev–Trinajstić information content (AvgIpc) is 2.60. The fourth-order valence-corrected chi connectivity index (χ4v) is 2.38. The van der Waals surface area contributed by atoms with E-state index in [9.17, 15) is 0 Å². The first kappa shape index (κ1) is 15.5. The Hall–Kier alpha value is -0.590. The lowest BCUT2D eigenvalue weighted by atomic mass is 9.89. The van der Waals surface area contributed by atoms with Gasteiger partial charge in [0.15, 0.2) is 0 Å². The predicted molar refractivity (Wildman–Crippen MR) is 74.3 cm³/mol. The van der Waals surface area contributed by atoms with Gasteiger partial charge in [0, 0.05) is 19.7 Å². The minimum atomic E-state index is -0.159. The van der Waals surface area contributed by atoms with E-state index in [1.807, 2.05) is 13.8 Å². The van der Waals surface area contributed by atoms with Gasteiger partial charge in [-0.1, -0.05) is 13.3 Å². The number of nitrogens with zero attached hydrogens (tertiary/aromatic N) is 2. The van der Waals surface area contributed by atoms with Crippen molar-refractivity contribution in [3.05, 3.63) is 0 Å². The van der Waals surface area contributed by atoms with Crippen molar-refractivity contribution in [1.82, 2.24) is 4.90 Å². The Kier molecular flexibility index (Phi) is 6.67. The number of nitriles is 1. The Morgan fingerprint density at radius 3 is 2.83 bits per heavy atom. The zero-order valence-corrected chi connectivity index (χ0v) is 12.2. The summed E-state index contributed by atoms with van der Waals surface area (Å²) in [5.74, 6) is 0. The summed E-state index contributed by atoms with van der Waals surface area (Å²) in [7, 11) is 0. The molecule has 1 saturated heterocycles. The van der Waals surface area contributed by atoms with Gasteiger partial charge in [-0.2, -0.15) is 5.26 Å². The normalized spacial score (nSPS) is 22.4. The molecule has 0 saturated carbocycles. The highest BCUT2D eigenvalue weighted by Gasteiger charge is 2.18. The zero-order valence-electron chi connectivity index (χ0n) is 12.2. The molecular weight excluding hydrogens is 224 g/mol. The van der Waals surface area contributed by atoms with Crippen molar-refractivity contribution in [2.24, 2.45) is 5.41 Å². The largest absolute Gasteiger partial charge is 0.377 e. The van der Waals surface area contributed by atoms with Crippen LogP contribution in [0, 0.1) is 16.7 Å². The van der Waals surface area contributed by atoms with Gasteiger partial charge in [0.2, 0.25) is 0 Å². The third-order valence-corrected chi connectivity index (χ3v) is 3.72. The van der Waals surface area contributed by atoms with Crippen molar-refractivity contribution in [3.8, 4) is 6.07 Å². The van der Waals surface area contributed by atoms with Crippen LogP contribution in [0.3, 0.4) is 0 Å². The van der Waals surface area contributed by atoms with Gasteiger partial charge in [-0.15, -0.1) is 0 Å². The maximum Gasteiger partial charge on any atom is 0.0699 e. The number of unbranched alkanes of at least 4 members (excludes halogenated alkanes) is 1. The molecule has 1 heterocycles. The first-order valence-corrected chi connectivity index (χ1v) is 7.32. The Morgan fingerprint density at radius 2 is 2.17 bits per heavy atom. The molecule has 0 aliphatic carbocycles. The minimum absolute atomic E-state index is 0.159. The van der Waals surface area contributed by atoms with Gasteiger partial charge in [-0.3, -0.25) is 0 Å². The first-order valence-electron chi connectivity index (χ1n) is 7.32. The van der Waals surface area contributed by atoms with E-state index >= 15 is 0 Å². The van der Waals surface area contributed by atoms with E-state index in [0.717, 1.165) is 51.9 Å². The van der Waals surface area contributed by atoms with Gasteiger partial charge in [0.05, 0.1) is 17.6 Å². The molecule has 0 spiro atoms. The van der Waals surface area contributed by atoms with Crippen molar-refractivity contribution in [2.45, 2.75) is 59.0 Å². The molecular formula is C15H28N2O. The van der Waals surface area contributed by atoms with E-state index < -0.39 is 0 Å². The summed E-state index contributed by atoms with van der Waals surface area (Å²) in [6.07, 6.45) is 6.03. The van der Waals surface area contributed by atoms with Crippen molar-refractivity contribution in [1.29, 1.82) is 5.26 Å². The van der Waals surface area contributed by atoms with Gasteiger partial charge in [0.25, 0.3) is 0 Å². The SMILES string of the molecule is CCC1CN(CCCCC(C)(C)C#N)CCCO1. The zero-order chi connectivity index (χ0) is 13.4. The molecule has 0 bridgehead atoms. The molecule has 0 aromatic heterocycles. The van der Waals surface area contributed by atoms with Crippen LogP contribution in [-0.2, 0) is 4.74 Å². The smallest absolute Gasteiger partial charge is 0.0699 e. The van der Waals surface area contributed by atoms with E-state index in [-0.39, 0.29) is 5.41 Å². The van der Waals surface area contributed by atoms with E-state index in [4.69, 9.17) is 10.00 Å². The second-order valence-corrected chi connectivity index (χ2v) is 6.01. The van der Waals surface area contributed by atoms with E-state index in [1.54, 1.807) is 0 Å². The van der Waals surface area contributed by atoms with E-state index in [2.05, 4.69) is 17.9 Å². The van der Waals surface area contributed by atoms with Crippen molar-refractivity contribution >= 4 is 0 Å². The highest BCUT2D eigenvalue weighted by atomic mass is 16.5. The average molecular weight is 252 g/mol. The van der Waals surface area contributed by atoms with Crippen LogP contribution >= 0.6 is 0 Å². The molecule has 3 nitrogen and oxygen atoms in total. The van der Waals surface area contributed by atoms with Crippen LogP contribution in [0.1, 0.15) is 52.9 Å². The summed E-state index contributed by atoms with van der Waals surface area (Å²) >= 11 is 0. The lowest BCUT2D eigenvalue weighted by molar-refractivity contribution is 0.0517. The summed E-state index contributed by atoms with van der Waals surface area (Å²) in [5.41, 5.74) is -0.159. The van der Waals surface area contributed by atoms with Crippen LogP contribution in [0.2, 0.25) is 0 Å². The molecule has 104 valence electrons. The summed E-state index contributed by atoms with van der Waals surface area (Å²) in [4.78, 5) is 2.53. The highest BCUT2D eigenvalue weighted by molar-refractivity contribution is 4.91. The predicted octanol–water partition coefficient (Wildman–Crippen LogP) is 3.21. The molecule has 0 aromatic carbocycles. The highest BCUT2D eigenvalue weighted by Crippen LogP contribution is 2.21. The molecule has 1 unspecified atom stereocenters. The first-order chi connectivity index (χ1) is 8.57. The third kappa shape index (κ3) is 5.84. The fourth-order valence-electron chi connectivity index (χ4n) is 2.38. The lowest BCUT2D eigenvalue weighted by Gasteiger charge is -2.23. The van der Waals surface area contributed by atoms with Crippen molar-refractivity contribution in [3.63, 3.8) is 0 Å². The number of hydrogen-bond acceptors (Lipinski definition) is 3. The van der Waals surface area contributed by atoms with Crippen LogP contribution in [0.5, 0.6) is 0 Å². The second kappa shape index (κ2) is 7.76. The quantitative estimate of drug-likeness (QED) is 0.681. The minimum Gasteiger partial charge on any atom is -0.377 e. The maximum atomic E-state index is 8.97. The summed E-state index contributed by atoms with van der Waals surface area (Å²) < 4.78 is 5.78. The summed E-state index contributed by atoms with van der Waals surface area (Å²) in [6, 6.07) is 2.37. The van der Waals surface area contributed by atoms with E-state index in [0.29, 0.717) is 6.10 Å². The molecule has 18 heavy (non-hydrogen) atoms. The molecule has 1 rings (SSSR count). The molecule has 1 atom stereocenters. The van der Waals surface area contributed by atoms with Gasteiger partial charge in [0.1, 0.15) is 0 Å². The fraction of sp³-hybridized carbons (Fsp3) is 0.933. The summed E-state index contributed by atoms with van der Waals surface area (Å²) in [6.45, 7) is 10.6. The molecule has 1 fully saturated rings. The van der Waals surface area contributed by atoms with Crippen molar-refractivity contribution in [2.75, 3.05) is 26.2 Å². The molecule has 0 aromatic rings. The van der Waals surface area contributed by atoms with Crippen LogP contribution in [-0.4, -0.2) is 37.2 Å². The van der Waals surface area contributed by atoms with Crippen LogP contribution in [0.4, 0.5) is 0 Å². The molecule has 1 aliphatic heterocycles. The van der Waals surface area contributed by atoms with Crippen LogP contribution < -0.4 is 0 Å². The van der Waals surface area contributed by atoms with Crippen LogP contribution in [0.25, 0.3) is 0 Å². The van der Waals surface area contributed by atoms with Crippen molar-refractivity contribution < 1.29 is 4.74 Å². The second-order valence-electron chi connectivity index (χ2n) is 6.01. The number of ether oxygens (including phenoxy) is 1. The Balaban J connectivity index is 2.20. The van der Waals surface area contributed by atoms with Gasteiger partial charge in [-0.05, 0) is 46.1 Å². The van der Waals surface area contributed by atoms with E-state index in [1.165, 1.54) is 6.42 Å². The standard InChI is InChI=1S/C15H28N2O/c1-4-14-12-17(10-7-11-18-14)9-6-5-8-15(2,3)13-16/h14H,4-12H2,1-3H3. The Bertz CT molecular complexity index is 270. The lowest BCUT2D eigenvalue weighted by Crippen LogP contribution is -2.32. The van der Waals surface area contributed by atoms with Gasteiger partial charge < -0.3 is 9.64 Å². The monoisotopic (exact) mass is 252 g/mol. The molecule has 0 amide bonds. The van der Waals surface area contributed by atoms with Gasteiger partial charge >= 0.3 is 0 Å². The number of rotatable bonds is 6. The summed E-state index contributed by atoms with van der Waals surface area (Å²) in [5, 5.41) is 8.97. The van der Waals surface area contributed by atoms with Crippen LogP contribution in [0.15, 0.2) is 0 Å². The Morgan fingerprint density at radius 1 is 1.39 bits per heavy atom. The topological polar surface area (TPSA) is 36.3 Å². The molecule has 0 radical (unpaired) electrons. The molecule has 0 N–H and O–H groups in total. The maximum absolute atomic E-state index is 8.97. The Labute approximate surface area is 112 Å².